The van der Waals surface area contributed by atoms with E-state index in [4.69, 9.17) is 10.5 Å². The fraction of sp³-hybridized carbons (Fsp3) is 0.357. The number of nitrogen functional groups attached to an aromatic ring is 1. The molecule has 1 aromatic heterocycles. The fourth-order valence-electron chi connectivity index (χ4n) is 2.44. The molecule has 0 atom stereocenters. The van der Waals surface area contributed by atoms with Gasteiger partial charge in [0.05, 0.1) is 24.6 Å². The molecule has 6 heteroatoms. The van der Waals surface area contributed by atoms with E-state index in [9.17, 15) is 4.39 Å². The number of nitrogens with two attached hydrogens (primary N) is 1. The Morgan fingerprint density at radius 3 is 2.70 bits per heavy atom. The van der Waals surface area contributed by atoms with Crippen molar-refractivity contribution in [1.82, 2.24) is 9.55 Å². The van der Waals surface area contributed by atoms with Crippen LogP contribution in [0.15, 0.2) is 24.5 Å². The van der Waals surface area contributed by atoms with Crippen LogP contribution in [0.3, 0.4) is 0 Å². The van der Waals surface area contributed by atoms with E-state index in [0.29, 0.717) is 32.0 Å². The molecule has 1 aliphatic heterocycles. The predicted octanol–water partition coefficient (Wildman–Crippen LogP) is 1.64. The molecule has 1 fully saturated rings. The first kappa shape index (κ1) is 12.9. The van der Waals surface area contributed by atoms with Crippen LogP contribution in [0.1, 0.15) is 0 Å². The smallest absolute Gasteiger partial charge is 0.148 e. The Morgan fingerprint density at radius 2 is 2.05 bits per heavy atom. The molecule has 20 heavy (non-hydrogen) atoms. The minimum absolute atomic E-state index is 0.185. The van der Waals surface area contributed by atoms with E-state index in [1.165, 1.54) is 6.07 Å². The summed E-state index contributed by atoms with van der Waals surface area (Å²) in [6.07, 6.45) is 3.52. The van der Waals surface area contributed by atoms with Gasteiger partial charge in [-0.3, -0.25) is 0 Å². The van der Waals surface area contributed by atoms with Crippen LogP contribution in [-0.4, -0.2) is 35.9 Å². The second-order valence-electron chi connectivity index (χ2n) is 4.85. The standard InChI is InChI=1S/C14H17FN4O/c1-18-3-2-17-14(18)10-8-11(15)13(16)12(9-10)19-4-6-20-7-5-19/h2-3,8-9H,4-7,16H2,1H3. The molecule has 2 aromatic rings. The summed E-state index contributed by atoms with van der Waals surface area (Å²) in [5, 5.41) is 0. The lowest BCUT2D eigenvalue weighted by molar-refractivity contribution is 0.123. The number of halogens is 1. The van der Waals surface area contributed by atoms with Crippen LogP contribution in [0, 0.1) is 5.82 Å². The quantitative estimate of drug-likeness (QED) is 0.847. The third-order valence-electron chi connectivity index (χ3n) is 3.54. The van der Waals surface area contributed by atoms with Gasteiger partial charge in [-0.15, -0.1) is 0 Å². The van der Waals surface area contributed by atoms with Crippen molar-refractivity contribution >= 4 is 11.4 Å². The Hall–Kier alpha value is -2.08. The molecule has 0 aliphatic carbocycles. The lowest BCUT2D eigenvalue weighted by Crippen LogP contribution is -2.36. The van der Waals surface area contributed by atoms with Crippen LogP contribution in [0.25, 0.3) is 11.4 Å². The molecule has 3 rings (SSSR count). The molecular formula is C14H17FN4O. The van der Waals surface area contributed by atoms with E-state index in [-0.39, 0.29) is 5.69 Å². The summed E-state index contributed by atoms with van der Waals surface area (Å²) < 4.78 is 21.3. The second-order valence-corrected chi connectivity index (χ2v) is 4.85. The van der Waals surface area contributed by atoms with Crippen molar-refractivity contribution in [2.75, 3.05) is 36.9 Å². The van der Waals surface area contributed by atoms with Gasteiger partial charge in [-0.2, -0.15) is 0 Å². The third kappa shape index (κ3) is 2.22. The molecule has 1 aliphatic rings. The van der Waals surface area contributed by atoms with E-state index < -0.39 is 5.82 Å². The van der Waals surface area contributed by atoms with Gasteiger partial charge in [0.15, 0.2) is 0 Å². The molecule has 0 unspecified atom stereocenters. The monoisotopic (exact) mass is 276 g/mol. The van der Waals surface area contributed by atoms with Crippen molar-refractivity contribution in [1.29, 1.82) is 0 Å². The number of aryl methyl sites for hydroxylation is 1. The molecule has 0 amide bonds. The van der Waals surface area contributed by atoms with Gasteiger partial charge in [0, 0.05) is 38.1 Å². The zero-order valence-corrected chi connectivity index (χ0v) is 11.3. The SMILES string of the molecule is Cn1ccnc1-c1cc(F)c(N)c(N2CCOCC2)c1. The average molecular weight is 276 g/mol. The first-order valence-corrected chi connectivity index (χ1v) is 6.56. The van der Waals surface area contributed by atoms with Gasteiger partial charge >= 0.3 is 0 Å². The summed E-state index contributed by atoms with van der Waals surface area (Å²) in [6, 6.07) is 3.33. The Kier molecular flexibility index (Phi) is 3.31. The van der Waals surface area contributed by atoms with Crippen LogP contribution in [0.5, 0.6) is 0 Å². The van der Waals surface area contributed by atoms with Crippen LogP contribution in [0.4, 0.5) is 15.8 Å². The zero-order chi connectivity index (χ0) is 14.1. The Labute approximate surface area is 116 Å². The fourth-order valence-corrected chi connectivity index (χ4v) is 2.44. The number of hydrogen-bond donors (Lipinski definition) is 1. The molecule has 0 spiro atoms. The number of rotatable bonds is 2. The van der Waals surface area contributed by atoms with Gasteiger partial charge < -0.3 is 19.9 Å². The first-order valence-electron chi connectivity index (χ1n) is 6.56. The third-order valence-corrected chi connectivity index (χ3v) is 3.54. The van der Waals surface area contributed by atoms with Crippen molar-refractivity contribution in [2.45, 2.75) is 0 Å². The number of ether oxygens (including phenoxy) is 1. The molecule has 2 heterocycles. The van der Waals surface area contributed by atoms with Crippen molar-refractivity contribution < 1.29 is 9.13 Å². The van der Waals surface area contributed by atoms with Gasteiger partial charge in [-0.05, 0) is 12.1 Å². The summed E-state index contributed by atoms with van der Waals surface area (Å²) in [5.41, 5.74) is 7.52. The summed E-state index contributed by atoms with van der Waals surface area (Å²) in [7, 11) is 1.88. The van der Waals surface area contributed by atoms with Gasteiger partial charge in [-0.1, -0.05) is 0 Å². The highest BCUT2D eigenvalue weighted by Crippen LogP contribution is 2.32. The Balaban J connectivity index is 2.05. The molecule has 2 N–H and O–H groups in total. The minimum atomic E-state index is -0.410. The molecule has 0 radical (unpaired) electrons. The lowest BCUT2D eigenvalue weighted by atomic mass is 10.1. The van der Waals surface area contributed by atoms with E-state index in [1.54, 1.807) is 6.20 Å². The summed E-state index contributed by atoms with van der Waals surface area (Å²) in [4.78, 5) is 6.31. The maximum Gasteiger partial charge on any atom is 0.148 e. The molecule has 1 aromatic carbocycles. The average Bonchev–Trinajstić information content (AvgIpc) is 2.89. The van der Waals surface area contributed by atoms with Gasteiger partial charge in [0.25, 0.3) is 0 Å². The highest BCUT2D eigenvalue weighted by Gasteiger charge is 2.18. The predicted molar refractivity (Wildman–Crippen MR) is 76.0 cm³/mol. The van der Waals surface area contributed by atoms with Crippen molar-refractivity contribution in [2.24, 2.45) is 7.05 Å². The topological polar surface area (TPSA) is 56.3 Å². The Bertz CT molecular complexity index is 620. The van der Waals surface area contributed by atoms with Crippen molar-refractivity contribution in [3.05, 3.63) is 30.3 Å². The number of morpholine rings is 1. The number of imidazole rings is 1. The number of benzene rings is 1. The lowest BCUT2D eigenvalue weighted by Gasteiger charge is -2.30. The highest BCUT2D eigenvalue weighted by atomic mass is 19.1. The molecule has 106 valence electrons. The highest BCUT2D eigenvalue weighted by molar-refractivity contribution is 5.75. The van der Waals surface area contributed by atoms with Crippen LogP contribution >= 0.6 is 0 Å². The van der Waals surface area contributed by atoms with Crippen molar-refractivity contribution in [3.63, 3.8) is 0 Å². The molecule has 5 nitrogen and oxygen atoms in total. The van der Waals surface area contributed by atoms with Gasteiger partial charge in [0.1, 0.15) is 11.6 Å². The second kappa shape index (κ2) is 5.13. The number of anilines is 2. The molecule has 0 bridgehead atoms. The van der Waals surface area contributed by atoms with E-state index in [2.05, 4.69) is 4.98 Å². The largest absolute Gasteiger partial charge is 0.395 e. The number of hydrogen-bond acceptors (Lipinski definition) is 4. The summed E-state index contributed by atoms with van der Waals surface area (Å²) in [6.45, 7) is 2.70. The maximum atomic E-state index is 14.1. The van der Waals surface area contributed by atoms with E-state index >= 15 is 0 Å². The number of aromatic nitrogens is 2. The van der Waals surface area contributed by atoms with Gasteiger partial charge in [-0.25, -0.2) is 9.37 Å². The van der Waals surface area contributed by atoms with Crippen LogP contribution < -0.4 is 10.6 Å². The van der Waals surface area contributed by atoms with Gasteiger partial charge in [0.2, 0.25) is 0 Å². The number of nitrogens with zero attached hydrogens (tertiary/aromatic N) is 3. The van der Waals surface area contributed by atoms with E-state index in [0.717, 1.165) is 11.4 Å². The first-order chi connectivity index (χ1) is 9.66. The normalized spacial score (nSPS) is 15.6. The molecule has 0 saturated carbocycles. The van der Waals surface area contributed by atoms with Crippen molar-refractivity contribution in [3.8, 4) is 11.4 Å². The minimum Gasteiger partial charge on any atom is -0.395 e. The van der Waals surface area contributed by atoms with E-state index in [1.807, 2.05) is 28.8 Å². The zero-order valence-electron chi connectivity index (χ0n) is 11.3. The van der Waals surface area contributed by atoms with Crippen LogP contribution in [-0.2, 0) is 11.8 Å². The maximum absolute atomic E-state index is 14.1. The molecule has 1 saturated heterocycles. The summed E-state index contributed by atoms with van der Waals surface area (Å²) >= 11 is 0. The summed E-state index contributed by atoms with van der Waals surface area (Å²) in [5.74, 6) is 0.311. The van der Waals surface area contributed by atoms with Crippen LogP contribution in [0.2, 0.25) is 0 Å². The molecular weight excluding hydrogens is 259 g/mol. The Morgan fingerprint density at radius 1 is 1.30 bits per heavy atom.